The number of amides is 1. The normalized spacial score (nSPS) is 10.8. The topological polar surface area (TPSA) is 81.9 Å². The van der Waals surface area contributed by atoms with Gasteiger partial charge in [-0.3, -0.25) is 9.63 Å². The summed E-state index contributed by atoms with van der Waals surface area (Å²) in [5.41, 5.74) is 3.04. The van der Waals surface area contributed by atoms with Crippen molar-refractivity contribution in [2.75, 3.05) is 6.61 Å². The van der Waals surface area contributed by atoms with E-state index in [1.54, 1.807) is 11.4 Å². The maximum Gasteiger partial charge on any atom is 0.287 e. The van der Waals surface area contributed by atoms with Crippen LogP contribution in [0, 0.1) is 5.92 Å². The second kappa shape index (κ2) is 5.69. The van der Waals surface area contributed by atoms with Gasteiger partial charge in [-0.25, -0.2) is 5.48 Å². The zero-order valence-corrected chi connectivity index (χ0v) is 10.8. The summed E-state index contributed by atoms with van der Waals surface area (Å²) >= 11 is 1.31. The Bertz CT molecular complexity index is 508. The smallest absolute Gasteiger partial charge is 0.273 e. The molecule has 0 aliphatic rings. The number of hydrogen-bond acceptors (Lipinski definition) is 6. The molecule has 96 valence electrons. The highest BCUT2D eigenvalue weighted by atomic mass is 32.1. The number of hydrogen-bond donors (Lipinski definition) is 1. The van der Waals surface area contributed by atoms with E-state index in [4.69, 9.17) is 4.84 Å². The summed E-state index contributed by atoms with van der Waals surface area (Å²) in [4.78, 5) is 17.5. The molecule has 0 saturated heterocycles. The van der Waals surface area contributed by atoms with Crippen molar-refractivity contribution < 1.29 is 9.63 Å². The SMILES string of the molecule is CC(C)CONC(=O)c1sccc1-n1cnnn1. The quantitative estimate of drug-likeness (QED) is 0.818. The molecule has 0 saturated carbocycles. The molecule has 2 aromatic heterocycles. The van der Waals surface area contributed by atoms with Crippen LogP contribution >= 0.6 is 11.3 Å². The van der Waals surface area contributed by atoms with Crippen LogP contribution in [0.5, 0.6) is 0 Å². The highest BCUT2D eigenvalue weighted by Crippen LogP contribution is 2.19. The molecule has 0 aromatic carbocycles. The van der Waals surface area contributed by atoms with Crippen LogP contribution in [0.25, 0.3) is 5.69 Å². The molecule has 18 heavy (non-hydrogen) atoms. The minimum atomic E-state index is -0.295. The van der Waals surface area contributed by atoms with Gasteiger partial charge in [0.05, 0.1) is 12.3 Å². The molecule has 2 heterocycles. The molecule has 0 fully saturated rings. The van der Waals surface area contributed by atoms with Crippen molar-refractivity contribution in [1.82, 2.24) is 25.7 Å². The van der Waals surface area contributed by atoms with Crippen molar-refractivity contribution >= 4 is 17.2 Å². The lowest BCUT2D eigenvalue weighted by molar-refractivity contribution is 0.0212. The number of tetrazole rings is 1. The number of nitrogens with zero attached hydrogens (tertiary/aromatic N) is 4. The number of aromatic nitrogens is 4. The van der Waals surface area contributed by atoms with Gasteiger partial charge in [-0.2, -0.15) is 4.68 Å². The first-order valence-corrected chi connectivity index (χ1v) is 6.29. The van der Waals surface area contributed by atoms with Crippen LogP contribution < -0.4 is 5.48 Å². The standard InChI is InChI=1S/C10H13N5O2S/c1-7(2)5-17-12-10(16)9-8(3-4-18-9)15-6-11-13-14-15/h3-4,6-7H,5H2,1-2H3,(H,12,16). The van der Waals surface area contributed by atoms with Crippen LogP contribution in [0.2, 0.25) is 0 Å². The van der Waals surface area contributed by atoms with Crippen LogP contribution in [0.3, 0.4) is 0 Å². The fourth-order valence-electron chi connectivity index (χ4n) is 1.24. The molecule has 2 rings (SSSR count). The highest BCUT2D eigenvalue weighted by molar-refractivity contribution is 7.12. The summed E-state index contributed by atoms with van der Waals surface area (Å²) in [7, 11) is 0. The van der Waals surface area contributed by atoms with Crippen LogP contribution in [0.15, 0.2) is 17.8 Å². The molecule has 7 nitrogen and oxygen atoms in total. The van der Waals surface area contributed by atoms with Crippen molar-refractivity contribution in [3.05, 3.63) is 22.7 Å². The fourth-order valence-corrected chi connectivity index (χ4v) is 2.01. The molecule has 0 bridgehead atoms. The lowest BCUT2D eigenvalue weighted by Gasteiger charge is -2.07. The van der Waals surface area contributed by atoms with Crippen molar-refractivity contribution in [1.29, 1.82) is 0 Å². The molecule has 2 aromatic rings. The van der Waals surface area contributed by atoms with Gasteiger partial charge in [0.25, 0.3) is 5.91 Å². The number of rotatable bonds is 5. The first kappa shape index (κ1) is 12.7. The van der Waals surface area contributed by atoms with Gasteiger partial charge in [0, 0.05) is 0 Å². The summed E-state index contributed by atoms with van der Waals surface area (Å²) in [5, 5.41) is 12.6. The highest BCUT2D eigenvalue weighted by Gasteiger charge is 2.15. The predicted molar refractivity (Wildman–Crippen MR) is 65.3 cm³/mol. The van der Waals surface area contributed by atoms with E-state index in [9.17, 15) is 4.79 Å². The van der Waals surface area contributed by atoms with Gasteiger partial charge in [0.15, 0.2) is 0 Å². The molecule has 0 aliphatic heterocycles. The van der Waals surface area contributed by atoms with E-state index in [-0.39, 0.29) is 5.91 Å². The van der Waals surface area contributed by atoms with Gasteiger partial charge in [0.1, 0.15) is 11.2 Å². The van der Waals surface area contributed by atoms with Gasteiger partial charge in [-0.1, -0.05) is 13.8 Å². The average Bonchev–Trinajstić information content (AvgIpc) is 2.99. The maximum atomic E-state index is 11.9. The average molecular weight is 267 g/mol. The van der Waals surface area contributed by atoms with E-state index in [2.05, 4.69) is 21.0 Å². The van der Waals surface area contributed by atoms with Gasteiger partial charge < -0.3 is 0 Å². The van der Waals surface area contributed by atoms with Crippen LogP contribution in [-0.4, -0.2) is 32.7 Å². The van der Waals surface area contributed by atoms with E-state index < -0.39 is 0 Å². The largest absolute Gasteiger partial charge is 0.287 e. The van der Waals surface area contributed by atoms with E-state index in [1.807, 2.05) is 13.8 Å². The minimum Gasteiger partial charge on any atom is -0.273 e. The number of nitrogens with one attached hydrogen (secondary N) is 1. The predicted octanol–water partition coefficient (Wildman–Crippen LogP) is 1.04. The van der Waals surface area contributed by atoms with E-state index in [0.717, 1.165) is 0 Å². The summed E-state index contributed by atoms with van der Waals surface area (Å²) in [6.07, 6.45) is 1.44. The Morgan fingerprint density at radius 3 is 3.11 bits per heavy atom. The van der Waals surface area contributed by atoms with Gasteiger partial charge >= 0.3 is 0 Å². The van der Waals surface area contributed by atoms with Crippen molar-refractivity contribution in [3.8, 4) is 5.69 Å². The second-order valence-corrected chi connectivity index (χ2v) is 4.94. The van der Waals surface area contributed by atoms with Crippen LogP contribution in [0.1, 0.15) is 23.5 Å². The Kier molecular flexibility index (Phi) is 4.00. The summed E-state index contributed by atoms with van der Waals surface area (Å²) in [6.45, 7) is 4.48. The van der Waals surface area contributed by atoms with Crippen molar-refractivity contribution in [2.24, 2.45) is 5.92 Å². The summed E-state index contributed by atoms with van der Waals surface area (Å²) in [6, 6.07) is 1.78. The number of carbonyl (C=O) groups excluding carboxylic acids is 1. The first-order chi connectivity index (χ1) is 8.68. The molecular formula is C10H13N5O2S. The summed E-state index contributed by atoms with van der Waals surface area (Å²) in [5.74, 6) is 0.0590. The molecule has 0 atom stereocenters. The van der Waals surface area contributed by atoms with E-state index in [0.29, 0.717) is 23.1 Å². The maximum absolute atomic E-state index is 11.9. The van der Waals surface area contributed by atoms with E-state index >= 15 is 0 Å². The third-order valence-electron chi connectivity index (χ3n) is 2.03. The van der Waals surface area contributed by atoms with Crippen molar-refractivity contribution in [2.45, 2.75) is 13.8 Å². The number of thiophene rings is 1. The van der Waals surface area contributed by atoms with Gasteiger partial charge in [0.2, 0.25) is 0 Å². The van der Waals surface area contributed by atoms with Crippen LogP contribution in [0.4, 0.5) is 0 Å². The molecule has 0 aliphatic carbocycles. The number of hydroxylamine groups is 1. The van der Waals surface area contributed by atoms with Gasteiger partial charge in [-0.05, 0) is 27.8 Å². The van der Waals surface area contributed by atoms with Crippen LogP contribution in [-0.2, 0) is 4.84 Å². The summed E-state index contributed by atoms with van der Waals surface area (Å²) < 4.78 is 1.44. The molecule has 1 N–H and O–H groups in total. The minimum absolute atomic E-state index is 0.295. The third-order valence-corrected chi connectivity index (χ3v) is 2.93. The first-order valence-electron chi connectivity index (χ1n) is 5.41. The Morgan fingerprint density at radius 2 is 2.44 bits per heavy atom. The Labute approximate surface area is 108 Å². The number of carbonyl (C=O) groups is 1. The lowest BCUT2D eigenvalue weighted by Crippen LogP contribution is -2.25. The fraction of sp³-hybridized carbons (Fsp3) is 0.400. The Morgan fingerprint density at radius 1 is 1.61 bits per heavy atom. The van der Waals surface area contributed by atoms with Gasteiger partial charge in [-0.15, -0.1) is 16.4 Å². The lowest BCUT2D eigenvalue weighted by atomic mass is 10.2. The molecule has 0 radical (unpaired) electrons. The molecule has 1 amide bonds. The zero-order chi connectivity index (χ0) is 13.0. The Hall–Kier alpha value is -1.80. The molecule has 0 unspecified atom stereocenters. The zero-order valence-electron chi connectivity index (χ0n) is 10.0. The molecule has 8 heteroatoms. The molecular weight excluding hydrogens is 254 g/mol. The monoisotopic (exact) mass is 267 g/mol. The third kappa shape index (κ3) is 2.90. The van der Waals surface area contributed by atoms with Crippen molar-refractivity contribution in [3.63, 3.8) is 0 Å². The van der Waals surface area contributed by atoms with E-state index in [1.165, 1.54) is 22.3 Å². The second-order valence-electron chi connectivity index (χ2n) is 4.03. The Balaban J connectivity index is 2.05. The molecule has 0 spiro atoms.